The second-order valence-electron chi connectivity index (χ2n) is 6.25. The van der Waals surface area contributed by atoms with E-state index in [9.17, 15) is 4.79 Å². The van der Waals surface area contributed by atoms with E-state index in [0.717, 1.165) is 19.1 Å². The third-order valence-electron chi connectivity index (χ3n) is 4.46. The summed E-state index contributed by atoms with van der Waals surface area (Å²) in [5, 5.41) is 0. The predicted octanol–water partition coefficient (Wildman–Crippen LogP) is 2.18. The fraction of sp³-hybridized carbons (Fsp3) is 0.588. The van der Waals surface area contributed by atoms with Crippen molar-refractivity contribution in [1.29, 1.82) is 0 Å². The van der Waals surface area contributed by atoms with Crippen molar-refractivity contribution < 1.29 is 9.53 Å². The second-order valence-corrected chi connectivity index (χ2v) is 6.25. The Morgan fingerprint density at radius 2 is 1.95 bits per heavy atom. The number of nitrogens with two attached hydrogens (primary N) is 1. The number of rotatable bonds is 6. The minimum absolute atomic E-state index is 0. The average molecular weight is 325 g/mol. The first-order valence-corrected chi connectivity index (χ1v) is 7.90. The Labute approximate surface area is 138 Å². The van der Waals surface area contributed by atoms with Gasteiger partial charge < -0.3 is 15.4 Å². The summed E-state index contributed by atoms with van der Waals surface area (Å²) >= 11 is 0. The van der Waals surface area contributed by atoms with Crippen LogP contribution in [0.1, 0.15) is 30.7 Å². The summed E-state index contributed by atoms with van der Waals surface area (Å²) in [6.45, 7) is 2.74. The van der Waals surface area contributed by atoms with Crippen LogP contribution in [-0.2, 0) is 9.53 Å². The van der Waals surface area contributed by atoms with Gasteiger partial charge in [0.15, 0.2) is 0 Å². The number of hydrogen-bond donors (Lipinski definition) is 1. The SMILES string of the molecule is Cl.N[C@@H]1CN(C(=O)CCOCC2CC2)C[C@H]1c1ccccc1. The molecule has 1 saturated heterocycles. The first kappa shape index (κ1) is 17.3. The van der Waals surface area contributed by atoms with Gasteiger partial charge in [0.1, 0.15) is 0 Å². The Bertz CT molecular complexity index is 479. The molecule has 1 saturated carbocycles. The van der Waals surface area contributed by atoms with Gasteiger partial charge in [0.05, 0.1) is 13.0 Å². The number of nitrogens with zero attached hydrogens (tertiary/aromatic N) is 1. The summed E-state index contributed by atoms with van der Waals surface area (Å²) in [5.41, 5.74) is 7.44. The minimum Gasteiger partial charge on any atom is -0.381 e. The van der Waals surface area contributed by atoms with Gasteiger partial charge in [-0.15, -0.1) is 12.4 Å². The fourth-order valence-corrected chi connectivity index (χ4v) is 2.94. The topological polar surface area (TPSA) is 55.6 Å². The molecule has 22 heavy (non-hydrogen) atoms. The molecule has 1 amide bonds. The third kappa shape index (κ3) is 4.45. The van der Waals surface area contributed by atoms with Crippen molar-refractivity contribution in [3.8, 4) is 0 Å². The smallest absolute Gasteiger partial charge is 0.224 e. The maximum absolute atomic E-state index is 12.2. The largest absolute Gasteiger partial charge is 0.381 e. The molecule has 5 heteroatoms. The third-order valence-corrected chi connectivity index (χ3v) is 4.46. The van der Waals surface area contributed by atoms with E-state index in [4.69, 9.17) is 10.5 Å². The summed E-state index contributed by atoms with van der Waals surface area (Å²) < 4.78 is 5.55. The van der Waals surface area contributed by atoms with Crippen LogP contribution in [0.25, 0.3) is 0 Å². The van der Waals surface area contributed by atoms with Crippen molar-refractivity contribution in [2.75, 3.05) is 26.3 Å². The number of hydrogen-bond acceptors (Lipinski definition) is 3. The molecule has 0 spiro atoms. The summed E-state index contributed by atoms with van der Waals surface area (Å²) in [4.78, 5) is 14.1. The Balaban J connectivity index is 0.00000176. The zero-order valence-electron chi connectivity index (χ0n) is 12.8. The molecule has 4 nitrogen and oxygen atoms in total. The first-order valence-electron chi connectivity index (χ1n) is 7.90. The Morgan fingerprint density at radius 1 is 1.23 bits per heavy atom. The highest BCUT2D eigenvalue weighted by atomic mass is 35.5. The lowest BCUT2D eigenvalue weighted by atomic mass is 9.95. The number of carbonyl (C=O) groups is 1. The van der Waals surface area contributed by atoms with E-state index < -0.39 is 0 Å². The molecule has 1 aromatic rings. The molecule has 0 bridgehead atoms. The zero-order valence-corrected chi connectivity index (χ0v) is 13.6. The van der Waals surface area contributed by atoms with Gasteiger partial charge in [-0.3, -0.25) is 4.79 Å². The monoisotopic (exact) mass is 324 g/mol. The summed E-state index contributed by atoms with van der Waals surface area (Å²) in [6.07, 6.45) is 3.04. The van der Waals surface area contributed by atoms with E-state index in [0.29, 0.717) is 19.6 Å². The van der Waals surface area contributed by atoms with Crippen LogP contribution >= 0.6 is 12.4 Å². The second kappa shape index (κ2) is 7.95. The van der Waals surface area contributed by atoms with E-state index in [-0.39, 0.29) is 30.3 Å². The molecule has 2 N–H and O–H groups in total. The molecule has 1 aliphatic heterocycles. The van der Waals surface area contributed by atoms with Crippen LogP contribution in [0.5, 0.6) is 0 Å². The minimum atomic E-state index is 0. The van der Waals surface area contributed by atoms with Gasteiger partial charge in [0, 0.05) is 31.7 Å². The van der Waals surface area contributed by atoms with Gasteiger partial charge in [-0.05, 0) is 24.3 Å². The van der Waals surface area contributed by atoms with Crippen molar-refractivity contribution in [3.05, 3.63) is 35.9 Å². The number of amides is 1. The van der Waals surface area contributed by atoms with Crippen molar-refractivity contribution in [1.82, 2.24) is 4.90 Å². The van der Waals surface area contributed by atoms with Gasteiger partial charge in [0.25, 0.3) is 0 Å². The number of likely N-dealkylation sites (tertiary alicyclic amines) is 1. The van der Waals surface area contributed by atoms with E-state index >= 15 is 0 Å². The molecule has 3 rings (SSSR count). The standard InChI is InChI=1S/C17H24N2O2.ClH/c18-16-11-19(10-15(16)14-4-2-1-3-5-14)17(20)8-9-21-12-13-6-7-13;/h1-5,13,15-16H,6-12,18H2;1H/t15-,16+;/m0./s1. The van der Waals surface area contributed by atoms with Gasteiger partial charge in [0.2, 0.25) is 5.91 Å². The molecule has 0 aromatic heterocycles. The molecule has 2 aliphatic rings. The number of benzene rings is 1. The van der Waals surface area contributed by atoms with E-state index in [1.165, 1.54) is 18.4 Å². The molecule has 2 atom stereocenters. The lowest BCUT2D eigenvalue weighted by Crippen LogP contribution is -2.32. The van der Waals surface area contributed by atoms with E-state index in [1.54, 1.807) is 0 Å². The van der Waals surface area contributed by atoms with E-state index in [1.807, 2.05) is 23.1 Å². The molecular weight excluding hydrogens is 300 g/mol. The highest BCUT2D eigenvalue weighted by Gasteiger charge is 2.33. The first-order chi connectivity index (χ1) is 10.2. The Hall–Kier alpha value is -1.10. The fourth-order valence-electron chi connectivity index (χ4n) is 2.94. The van der Waals surface area contributed by atoms with Crippen molar-refractivity contribution >= 4 is 18.3 Å². The molecular formula is C17H25ClN2O2. The summed E-state index contributed by atoms with van der Waals surface area (Å²) in [5.74, 6) is 1.17. The molecule has 122 valence electrons. The van der Waals surface area contributed by atoms with Gasteiger partial charge in [-0.1, -0.05) is 30.3 Å². The predicted molar refractivity (Wildman–Crippen MR) is 89.1 cm³/mol. The summed E-state index contributed by atoms with van der Waals surface area (Å²) in [6, 6.07) is 10.3. The number of halogens is 1. The quantitative estimate of drug-likeness (QED) is 0.816. The highest BCUT2D eigenvalue weighted by molar-refractivity contribution is 5.85. The molecule has 1 aromatic carbocycles. The van der Waals surface area contributed by atoms with Crippen LogP contribution in [0.4, 0.5) is 0 Å². The molecule has 0 radical (unpaired) electrons. The summed E-state index contributed by atoms with van der Waals surface area (Å²) in [7, 11) is 0. The van der Waals surface area contributed by atoms with Crippen molar-refractivity contribution in [2.24, 2.45) is 11.7 Å². The molecule has 1 aliphatic carbocycles. The van der Waals surface area contributed by atoms with Crippen LogP contribution in [0, 0.1) is 5.92 Å². The Kier molecular flexibility index (Phi) is 6.24. The van der Waals surface area contributed by atoms with Gasteiger partial charge in [-0.2, -0.15) is 0 Å². The maximum atomic E-state index is 12.2. The molecule has 2 fully saturated rings. The highest BCUT2D eigenvalue weighted by Crippen LogP contribution is 2.29. The molecule has 0 unspecified atom stereocenters. The van der Waals surface area contributed by atoms with Crippen LogP contribution in [0.15, 0.2) is 30.3 Å². The maximum Gasteiger partial charge on any atom is 0.224 e. The van der Waals surface area contributed by atoms with Gasteiger partial charge >= 0.3 is 0 Å². The van der Waals surface area contributed by atoms with E-state index in [2.05, 4.69) is 12.1 Å². The number of ether oxygens (including phenoxy) is 1. The van der Waals surface area contributed by atoms with Crippen molar-refractivity contribution in [2.45, 2.75) is 31.2 Å². The van der Waals surface area contributed by atoms with Gasteiger partial charge in [-0.25, -0.2) is 0 Å². The molecule has 1 heterocycles. The van der Waals surface area contributed by atoms with Crippen LogP contribution in [-0.4, -0.2) is 43.2 Å². The zero-order chi connectivity index (χ0) is 14.7. The van der Waals surface area contributed by atoms with Crippen LogP contribution in [0.2, 0.25) is 0 Å². The van der Waals surface area contributed by atoms with Crippen LogP contribution < -0.4 is 5.73 Å². The van der Waals surface area contributed by atoms with Crippen LogP contribution in [0.3, 0.4) is 0 Å². The average Bonchev–Trinajstić information content (AvgIpc) is 3.25. The lowest BCUT2D eigenvalue weighted by molar-refractivity contribution is -0.131. The van der Waals surface area contributed by atoms with Crippen molar-refractivity contribution in [3.63, 3.8) is 0 Å². The normalized spacial score (nSPS) is 24.1. The lowest BCUT2D eigenvalue weighted by Gasteiger charge is -2.16. The Morgan fingerprint density at radius 3 is 2.64 bits per heavy atom. The number of carbonyl (C=O) groups excluding carboxylic acids is 1.